The Bertz CT molecular complexity index is 587. The van der Waals surface area contributed by atoms with E-state index in [1.807, 2.05) is 6.92 Å². The Morgan fingerprint density at radius 3 is 2.90 bits per heavy atom. The number of rotatable bonds is 7. The van der Waals surface area contributed by atoms with Crippen LogP contribution in [0.25, 0.3) is 0 Å². The molecule has 0 spiro atoms. The van der Waals surface area contributed by atoms with Crippen molar-refractivity contribution in [2.24, 2.45) is 0 Å². The van der Waals surface area contributed by atoms with Gasteiger partial charge in [-0.25, -0.2) is 9.37 Å². The second-order valence-electron chi connectivity index (χ2n) is 4.33. The molecule has 0 bridgehead atoms. The minimum atomic E-state index is -2.70. The summed E-state index contributed by atoms with van der Waals surface area (Å²) in [5, 5.41) is 3.07. The molecule has 7 heteroatoms. The number of ether oxygens (including phenoxy) is 1. The van der Waals surface area contributed by atoms with Gasteiger partial charge >= 0.3 is 6.55 Å². The average Bonchev–Trinajstić information content (AvgIpc) is 2.92. The first kappa shape index (κ1) is 15.4. The SMILES string of the molecule is CCNCc1cccc(F)c1OCc1nccn1C(F)F. The Kier molecular flexibility index (Phi) is 5.21. The quantitative estimate of drug-likeness (QED) is 0.854. The van der Waals surface area contributed by atoms with Gasteiger partial charge in [0.15, 0.2) is 17.4 Å². The second kappa shape index (κ2) is 7.12. The smallest absolute Gasteiger partial charge is 0.320 e. The lowest BCUT2D eigenvalue weighted by atomic mass is 10.2. The van der Waals surface area contributed by atoms with Crippen LogP contribution >= 0.6 is 0 Å². The molecule has 0 aliphatic rings. The molecule has 1 N–H and O–H groups in total. The van der Waals surface area contributed by atoms with Crippen molar-refractivity contribution in [2.45, 2.75) is 26.6 Å². The van der Waals surface area contributed by atoms with Crippen molar-refractivity contribution in [1.82, 2.24) is 14.9 Å². The number of benzene rings is 1. The van der Waals surface area contributed by atoms with E-state index in [1.165, 1.54) is 12.3 Å². The maximum atomic E-state index is 13.8. The number of nitrogens with one attached hydrogen (secondary N) is 1. The van der Waals surface area contributed by atoms with E-state index < -0.39 is 12.4 Å². The van der Waals surface area contributed by atoms with E-state index in [2.05, 4.69) is 10.3 Å². The van der Waals surface area contributed by atoms with E-state index >= 15 is 0 Å². The van der Waals surface area contributed by atoms with Crippen molar-refractivity contribution in [3.63, 3.8) is 0 Å². The number of hydrogen-bond acceptors (Lipinski definition) is 3. The molecule has 0 unspecified atom stereocenters. The molecule has 1 aromatic heterocycles. The number of halogens is 3. The third kappa shape index (κ3) is 3.75. The lowest BCUT2D eigenvalue weighted by molar-refractivity contribution is 0.0630. The summed E-state index contributed by atoms with van der Waals surface area (Å²) in [6.45, 7) is 0.169. The summed E-state index contributed by atoms with van der Waals surface area (Å²) < 4.78 is 45.3. The van der Waals surface area contributed by atoms with Gasteiger partial charge in [0, 0.05) is 24.5 Å². The van der Waals surface area contributed by atoms with Crippen molar-refractivity contribution >= 4 is 0 Å². The lowest BCUT2D eigenvalue weighted by Gasteiger charge is -2.13. The highest BCUT2D eigenvalue weighted by molar-refractivity contribution is 5.35. The predicted octanol–water partition coefficient (Wildman–Crippen LogP) is 3.11. The molecule has 1 heterocycles. The van der Waals surface area contributed by atoms with Crippen LogP contribution in [0.1, 0.15) is 24.9 Å². The molecule has 0 aliphatic heterocycles. The number of para-hydroxylation sites is 1. The van der Waals surface area contributed by atoms with Crippen molar-refractivity contribution in [3.8, 4) is 5.75 Å². The highest BCUT2D eigenvalue weighted by atomic mass is 19.3. The van der Waals surface area contributed by atoms with Crippen LogP contribution in [0.5, 0.6) is 5.75 Å². The van der Waals surface area contributed by atoms with Gasteiger partial charge in [0.2, 0.25) is 0 Å². The van der Waals surface area contributed by atoms with E-state index in [1.54, 1.807) is 12.1 Å². The Morgan fingerprint density at radius 2 is 2.19 bits per heavy atom. The molecule has 1 aromatic carbocycles. The summed E-state index contributed by atoms with van der Waals surface area (Å²) in [4.78, 5) is 3.79. The van der Waals surface area contributed by atoms with E-state index in [-0.39, 0.29) is 18.2 Å². The molecule has 21 heavy (non-hydrogen) atoms. The van der Waals surface area contributed by atoms with Crippen LogP contribution in [0.15, 0.2) is 30.6 Å². The second-order valence-corrected chi connectivity index (χ2v) is 4.33. The van der Waals surface area contributed by atoms with Gasteiger partial charge in [-0.1, -0.05) is 19.1 Å². The zero-order chi connectivity index (χ0) is 15.2. The number of alkyl halides is 2. The third-order valence-electron chi connectivity index (χ3n) is 2.92. The van der Waals surface area contributed by atoms with Crippen molar-refractivity contribution in [2.75, 3.05) is 6.54 Å². The molecule has 0 radical (unpaired) electrons. The van der Waals surface area contributed by atoms with Crippen molar-refractivity contribution in [3.05, 3.63) is 47.8 Å². The van der Waals surface area contributed by atoms with E-state index in [9.17, 15) is 13.2 Å². The van der Waals surface area contributed by atoms with E-state index in [0.717, 1.165) is 12.7 Å². The minimum Gasteiger partial charge on any atom is -0.482 e. The van der Waals surface area contributed by atoms with E-state index in [4.69, 9.17) is 4.74 Å². The number of imidazole rings is 1. The maximum absolute atomic E-state index is 13.8. The normalized spacial score (nSPS) is 11.1. The molecule has 0 atom stereocenters. The van der Waals surface area contributed by atoms with Crippen molar-refractivity contribution in [1.29, 1.82) is 0 Å². The molecule has 4 nitrogen and oxygen atoms in total. The van der Waals surface area contributed by atoms with Gasteiger partial charge in [0.25, 0.3) is 0 Å². The molecule has 2 aromatic rings. The average molecular weight is 299 g/mol. The predicted molar refractivity (Wildman–Crippen MR) is 71.6 cm³/mol. The van der Waals surface area contributed by atoms with Crippen molar-refractivity contribution < 1.29 is 17.9 Å². The number of nitrogens with zero attached hydrogens (tertiary/aromatic N) is 2. The van der Waals surface area contributed by atoms with Gasteiger partial charge in [-0.05, 0) is 12.6 Å². The molecular weight excluding hydrogens is 283 g/mol. The number of hydrogen-bond donors (Lipinski definition) is 1. The molecule has 0 amide bonds. The monoisotopic (exact) mass is 299 g/mol. The van der Waals surface area contributed by atoms with Gasteiger partial charge in [-0.2, -0.15) is 8.78 Å². The summed E-state index contributed by atoms with van der Waals surface area (Å²) in [5.41, 5.74) is 0.631. The van der Waals surface area contributed by atoms with Crippen LogP contribution in [0.2, 0.25) is 0 Å². The topological polar surface area (TPSA) is 39.1 Å². The summed E-state index contributed by atoms with van der Waals surface area (Å²) in [7, 11) is 0. The first-order chi connectivity index (χ1) is 10.1. The van der Waals surface area contributed by atoms with Gasteiger partial charge in [0.05, 0.1) is 0 Å². The molecular formula is C14H16F3N3O. The molecule has 2 rings (SSSR count). The summed E-state index contributed by atoms with van der Waals surface area (Å²) >= 11 is 0. The summed E-state index contributed by atoms with van der Waals surface area (Å²) in [6.07, 6.45) is 2.41. The van der Waals surface area contributed by atoms with Gasteiger partial charge in [0.1, 0.15) is 6.61 Å². The molecule has 0 saturated carbocycles. The van der Waals surface area contributed by atoms with Crippen LogP contribution in [0.4, 0.5) is 13.2 Å². The highest BCUT2D eigenvalue weighted by Crippen LogP contribution is 2.24. The van der Waals surface area contributed by atoms with Crippen LogP contribution in [-0.2, 0) is 13.2 Å². The fourth-order valence-electron chi connectivity index (χ4n) is 1.88. The Labute approximate surface area is 120 Å². The number of aromatic nitrogens is 2. The van der Waals surface area contributed by atoms with Crippen LogP contribution < -0.4 is 10.1 Å². The molecule has 0 fully saturated rings. The third-order valence-corrected chi connectivity index (χ3v) is 2.92. The largest absolute Gasteiger partial charge is 0.482 e. The first-order valence-electron chi connectivity index (χ1n) is 6.54. The molecule has 0 aliphatic carbocycles. The summed E-state index contributed by atoms with van der Waals surface area (Å²) in [6, 6.07) is 4.57. The van der Waals surface area contributed by atoms with Crippen LogP contribution in [-0.4, -0.2) is 16.1 Å². The Balaban J connectivity index is 2.13. The van der Waals surface area contributed by atoms with Crippen LogP contribution in [0.3, 0.4) is 0 Å². The zero-order valence-corrected chi connectivity index (χ0v) is 11.5. The Morgan fingerprint density at radius 1 is 1.38 bits per heavy atom. The summed E-state index contributed by atoms with van der Waals surface area (Å²) in [5.74, 6) is -0.425. The Hall–Kier alpha value is -2.02. The lowest BCUT2D eigenvalue weighted by Crippen LogP contribution is -2.14. The van der Waals surface area contributed by atoms with E-state index in [0.29, 0.717) is 16.7 Å². The fraction of sp³-hybridized carbons (Fsp3) is 0.357. The molecule has 114 valence electrons. The fourth-order valence-corrected chi connectivity index (χ4v) is 1.88. The van der Waals surface area contributed by atoms with Gasteiger partial charge in [-0.15, -0.1) is 0 Å². The van der Waals surface area contributed by atoms with Crippen LogP contribution in [0, 0.1) is 5.82 Å². The first-order valence-corrected chi connectivity index (χ1v) is 6.54. The molecule has 0 saturated heterocycles. The zero-order valence-electron chi connectivity index (χ0n) is 11.5. The highest BCUT2D eigenvalue weighted by Gasteiger charge is 2.14. The maximum Gasteiger partial charge on any atom is 0.320 e. The van der Waals surface area contributed by atoms with Gasteiger partial charge in [-0.3, -0.25) is 4.57 Å². The minimum absolute atomic E-state index is 0.0441. The standard InChI is InChI=1S/C14H16F3N3O/c1-2-18-8-10-4-3-5-11(15)13(10)21-9-12-19-6-7-20(12)14(16)17/h3-7,14,18H,2,8-9H2,1H3. The van der Waals surface area contributed by atoms with Gasteiger partial charge < -0.3 is 10.1 Å².